The molecular formula is C13H16N4O2. The van der Waals surface area contributed by atoms with Gasteiger partial charge in [0, 0.05) is 18.0 Å². The van der Waals surface area contributed by atoms with Crippen LogP contribution >= 0.6 is 0 Å². The van der Waals surface area contributed by atoms with E-state index in [1.165, 1.54) is 0 Å². The number of nitrogens with two attached hydrogens (primary N) is 1. The lowest BCUT2D eigenvalue weighted by Gasteiger charge is -2.04. The summed E-state index contributed by atoms with van der Waals surface area (Å²) in [5.74, 6) is 0.753. The summed E-state index contributed by atoms with van der Waals surface area (Å²) in [4.78, 5) is 15.6. The molecule has 0 spiro atoms. The number of hydrogen-bond acceptors (Lipinski definition) is 5. The van der Waals surface area contributed by atoms with Crippen LogP contribution in [0.3, 0.4) is 0 Å². The SMILES string of the molecule is CC(N)CC(=O)NCc1nc(-c2ccccc2)no1. The minimum Gasteiger partial charge on any atom is -0.347 e. The second-order valence-electron chi connectivity index (χ2n) is 4.34. The van der Waals surface area contributed by atoms with Crippen LogP contribution in [-0.4, -0.2) is 22.1 Å². The van der Waals surface area contributed by atoms with Crippen LogP contribution in [0.2, 0.25) is 0 Å². The molecule has 0 aliphatic heterocycles. The van der Waals surface area contributed by atoms with Crippen LogP contribution in [0, 0.1) is 0 Å². The third kappa shape index (κ3) is 3.89. The van der Waals surface area contributed by atoms with Crippen molar-refractivity contribution < 1.29 is 9.32 Å². The van der Waals surface area contributed by atoms with Gasteiger partial charge in [0.1, 0.15) is 0 Å². The van der Waals surface area contributed by atoms with Crippen molar-refractivity contribution in [3.63, 3.8) is 0 Å². The fourth-order valence-electron chi connectivity index (χ4n) is 1.57. The second-order valence-corrected chi connectivity index (χ2v) is 4.34. The third-order valence-electron chi connectivity index (χ3n) is 2.44. The van der Waals surface area contributed by atoms with Gasteiger partial charge in [-0.2, -0.15) is 4.98 Å². The maximum absolute atomic E-state index is 11.4. The molecule has 2 rings (SSSR count). The minimum atomic E-state index is -0.164. The van der Waals surface area contributed by atoms with Gasteiger partial charge >= 0.3 is 0 Å². The summed E-state index contributed by atoms with van der Waals surface area (Å²) in [6.45, 7) is 1.99. The Labute approximate surface area is 111 Å². The van der Waals surface area contributed by atoms with Gasteiger partial charge in [-0.3, -0.25) is 4.79 Å². The summed E-state index contributed by atoms with van der Waals surface area (Å²) < 4.78 is 5.07. The molecule has 0 aliphatic rings. The van der Waals surface area contributed by atoms with Crippen molar-refractivity contribution in [1.82, 2.24) is 15.5 Å². The molecule has 1 unspecified atom stereocenters. The molecule has 3 N–H and O–H groups in total. The number of benzene rings is 1. The number of aromatic nitrogens is 2. The van der Waals surface area contributed by atoms with Crippen molar-refractivity contribution >= 4 is 5.91 Å². The van der Waals surface area contributed by atoms with E-state index in [4.69, 9.17) is 10.3 Å². The Balaban J connectivity index is 1.93. The van der Waals surface area contributed by atoms with Gasteiger partial charge in [-0.25, -0.2) is 0 Å². The van der Waals surface area contributed by atoms with E-state index >= 15 is 0 Å². The Morgan fingerprint density at radius 2 is 2.16 bits per heavy atom. The van der Waals surface area contributed by atoms with Crippen molar-refractivity contribution in [1.29, 1.82) is 0 Å². The number of hydrogen-bond donors (Lipinski definition) is 2. The van der Waals surface area contributed by atoms with Crippen molar-refractivity contribution in [2.75, 3.05) is 0 Å². The highest BCUT2D eigenvalue weighted by Gasteiger charge is 2.10. The van der Waals surface area contributed by atoms with E-state index in [-0.39, 0.29) is 24.9 Å². The fourth-order valence-corrected chi connectivity index (χ4v) is 1.57. The smallest absolute Gasteiger partial charge is 0.246 e. The average Bonchev–Trinajstić information content (AvgIpc) is 2.85. The summed E-state index contributed by atoms with van der Waals surface area (Å²) >= 11 is 0. The Morgan fingerprint density at radius 3 is 2.84 bits per heavy atom. The Morgan fingerprint density at radius 1 is 1.42 bits per heavy atom. The largest absolute Gasteiger partial charge is 0.347 e. The quantitative estimate of drug-likeness (QED) is 0.839. The van der Waals surface area contributed by atoms with Crippen molar-refractivity contribution in [2.24, 2.45) is 5.73 Å². The zero-order chi connectivity index (χ0) is 13.7. The van der Waals surface area contributed by atoms with Gasteiger partial charge in [0.25, 0.3) is 0 Å². The number of amides is 1. The minimum absolute atomic E-state index is 0.130. The first kappa shape index (κ1) is 13.2. The van der Waals surface area contributed by atoms with Crippen LogP contribution < -0.4 is 11.1 Å². The Hall–Kier alpha value is -2.21. The molecule has 1 atom stereocenters. The molecular weight excluding hydrogens is 244 g/mol. The van der Waals surface area contributed by atoms with Crippen molar-refractivity contribution in [2.45, 2.75) is 25.9 Å². The second kappa shape index (κ2) is 6.10. The molecule has 19 heavy (non-hydrogen) atoms. The molecule has 0 fully saturated rings. The molecule has 0 saturated carbocycles. The van der Waals surface area contributed by atoms with Crippen molar-refractivity contribution in [3.8, 4) is 11.4 Å². The Bertz CT molecular complexity index is 537. The lowest BCUT2D eigenvalue weighted by molar-refractivity contribution is -0.121. The van der Waals surface area contributed by atoms with Gasteiger partial charge < -0.3 is 15.6 Å². The number of rotatable bonds is 5. The predicted molar refractivity (Wildman–Crippen MR) is 69.8 cm³/mol. The number of nitrogens with one attached hydrogen (secondary N) is 1. The van der Waals surface area contributed by atoms with E-state index in [9.17, 15) is 4.79 Å². The van der Waals surface area contributed by atoms with Gasteiger partial charge in [-0.15, -0.1) is 0 Å². The first-order valence-electron chi connectivity index (χ1n) is 6.05. The third-order valence-corrected chi connectivity index (χ3v) is 2.44. The van der Waals surface area contributed by atoms with Gasteiger partial charge in [0.2, 0.25) is 17.6 Å². The van der Waals surface area contributed by atoms with Crippen LogP contribution in [0.1, 0.15) is 19.2 Å². The normalized spacial score (nSPS) is 12.1. The average molecular weight is 260 g/mol. The zero-order valence-corrected chi connectivity index (χ0v) is 10.7. The highest BCUT2D eigenvalue weighted by atomic mass is 16.5. The number of carbonyl (C=O) groups is 1. The maximum Gasteiger partial charge on any atom is 0.246 e. The predicted octanol–water partition coefficient (Wildman–Crippen LogP) is 1.09. The molecule has 0 bridgehead atoms. The maximum atomic E-state index is 11.4. The highest BCUT2D eigenvalue weighted by molar-refractivity contribution is 5.76. The van der Waals surface area contributed by atoms with Crippen LogP contribution in [-0.2, 0) is 11.3 Å². The monoisotopic (exact) mass is 260 g/mol. The molecule has 100 valence electrons. The standard InChI is InChI=1S/C13H16N4O2/c1-9(14)7-11(18)15-8-12-16-13(17-19-12)10-5-3-2-4-6-10/h2-6,9H,7-8,14H2,1H3,(H,15,18). The topological polar surface area (TPSA) is 94.0 Å². The molecule has 1 aromatic carbocycles. The van der Waals surface area contributed by atoms with E-state index in [1.807, 2.05) is 30.3 Å². The van der Waals surface area contributed by atoms with Crippen LogP contribution in [0.15, 0.2) is 34.9 Å². The summed E-state index contributed by atoms with van der Waals surface area (Å²) in [6, 6.07) is 9.33. The first-order chi connectivity index (χ1) is 9.15. The zero-order valence-electron chi connectivity index (χ0n) is 10.7. The van der Waals surface area contributed by atoms with Gasteiger partial charge in [0.05, 0.1) is 6.54 Å². The summed E-state index contributed by atoms with van der Waals surface area (Å²) in [5, 5.41) is 6.54. The highest BCUT2D eigenvalue weighted by Crippen LogP contribution is 2.14. The van der Waals surface area contributed by atoms with E-state index in [1.54, 1.807) is 6.92 Å². The molecule has 6 heteroatoms. The van der Waals surface area contributed by atoms with Crippen LogP contribution in [0.4, 0.5) is 0 Å². The van der Waals surface area contributed by atoms with E-state index in [2.05, 4.69) is 15.5 Å². The molecule has 0 radical (unpaired) electrons. The number of carbonyl (C=O) groups excluding carboxylic acids is 1. The van der Waals surface area contributed by atoms with E-state index in [0.29, 0.717) is 11.7 Å². The molecule has 0 aliphatic carbocycles. The van der Waals surface area contributed by atoms with Gasteiger partial charge in [0.15, 0.2) is 0 Å². The first-order valence-corrected chi connectivity index (χ1v) is 6.05. The molecule has 6 nitrogen and oxygen atoms in total. The Kier molecular flexibility index (Phi) is 4.25. The van der Waals surface area contributed by atoms with Gasteiger partial charge in [-0.1, -0.05) is 35.5 Å². The summed E-state index contributed by atoms with van der Waals surface area (Å²) in [7, 11) is 0. The molecule has 2 aromatic rings. The molecule has 1 heterocycles. The van der Waals surface area contributed by atoms with Gasteiger partial charge in [-0.05, 0) is 6.92 Å². The lowest BCUT2D eigenvalue weighted by atomic mass is 10.2. The lowest BCUT2D eigenvalue weighted by Crippen LogP contribution is -2.29. The molecule has 0 saturated heterocycles. The van der Waals surface area contributed by atoms with Crippen LogP contribution in [0.5, 0.6) is 0 Å². The number of nitrogens with zero attached hydrogens (tertiary/aromatic N) is 2. The molecule has 1 aromatic heterocycles. The molecule has 1 amide bonds. The van der Waals surface area contributed by atoms with Crippen LogP contribution in [0.25, 0.3) is 11.4 Å². The summed E-state index contributed by atoms with van der Waals surface area (Å²) in [6.07, 6.45) is 0.277. The van der Waals surface area contributed by atoms with E-state index < -0.39 is 0 Å². The summed E-state index contributed by atoms with van der Waals surface area (Å²) in [5.41, 5.74) is 6.40. The van der Waals surface area contributed by atoms with Crippen molar-refractivity contribution in [3.05, 3.63) is 36.2 Å². The van der Waals surface area contributed by atoms with E-state index in [0.717, 1.165) is 5.56 Å². The fraction of sp³-hybridized carbons (Fsp3) is 0.308.